The summed E-state index contributed by atoms with van der Waals surface area (Å²) in [5.41, 5.74) is 6.98. The normalized spacial score (nSPS) is 9.76. The number of carbonyl (C=O) groups excluding carboxylic acids is 1. The minimum Gasteiger partial charge on any atom is -0.389 e. The first-order valence-electron chi connectivity index (χ1n) is 5.08. The fraction of sp³-hybridized carbons (Fsp3) is 0.273. The van der Waals surface area contributed by atoms with Gasteiger partial charge in [0, 0.05) is 31.3 Å². The summed E-state index contributed by atoms with van der Waals surface area (Å²) in [6.45, 7) is 0.544. The summed E-state index contributed by atoms with van der Waals surface area (Å²) in [6.07, 6.45) is 0.408. The van der Waals surface area contributed by atoms with Crippen molar-refractivity contribution in [1.29, 1.82) is 0 Å². The number of hydrogen-bond acceptors (Lipinski definition) is 3. The predicted octanol–water partition coefficient (Wildman–Crippen LogP) is 1.52. The first-order chi connectivity index (χ1) is 8.04. The van der Waals surface area contributed by atoms with Crippen molar-refractivity contribution >= 4 is 40.4 Å². The molecule has 0 atom stereocenters. The zero-order valence-corrected chi connectivity index (χ0v) is 11.0. The lowest BCUT2D eigenvalue weighted by Crippen LogP contribution is -2.20. The molecule has 0 bridgehead atoms. The maximum atomic E-state index is 11.0. The molecule has 1 rings (SSSR count). The van der Waals surface area contributed by atoms with Crippen LogP contribution in [0.2, 0.25) is 5.02 Å². The number of amides is 1. The molecule has 0 saturated carbocycles. The van der Waals surface area contributed by atoms with Crippen molar-refractivity contribution in [3.8, 4) is 0 Å². The molecular formula is C11H14ClN3OS. The highest BCUT2D eigenvalue weighted by atomic mass is 35.5. The summed E-state index contributed by atoms with van der Waals surface area (Å²) in [4.78, 5) is 11.3. The molecule has 92 valence electrons. The topological polar surface area (TPSA) is 67.2 Å². The molecule has 0 heterocycles. The number of rotatable bonds is 5. The van der Waals surface area contributed by atoms with E-state index in [4.69, 9.17) is 29.6 Å². The van der Waals surface area contributed by atoms with Gasteiger partial charge in [-0.15, -0.1) is 0 Å². The molecule has 4 N–H and O–H groups in total. The number of halogens is 1. The van der Waals surface area contributed by atoms with Gasteiger partial charge in [-0.2, -0.15) is 0 Å². The van der Waals surface area contributed by atoms with Crippen LogP contribution < -0.4 is 16.4 Å². The minimum atomic E-state index is -0.0108. The van der Waals surface area contributed by atoms with Gasteiger partial charge >= 0.3 is 0 Å². The third-order valence-electron chi connectivity index (χ3n) is 2.19. The van der Waals surface area contributed by atoms with Crippen molar-refractivity contribution < 1.29 is 4.79 Å². The van der Waals surface area contributed by atoms with Crippen molar-refractivity contribution in [1.82, 2.24) is 5.32 Å². The molecule has 17 heavy (non-hydrogen) atoms. The van der Waals surface area contributed by atoms with Crippen molar-refractivity contribution in [3.05, 3.63) is 28.8 Å². The monoisotopic (exact) mass is 271 g/mol. The largest absolute Gasteiger partial charge is 0.389 e. The first kappa shape index (κ1) is 13.7. The van der Waals surface area contributed by atoms with Crippen LogP contribution in [0.1, 0.15) is 12.0 Å². The molecule has 0 aliphatic heterocycles. The molecule has 0 aliphatic rings. The van der Waals surface area contributed by atoms with Gasteiger partial charge in [-0.25, -0.2) is 0 Å². The van der Waals surface area contributed by atoms with Crippen LogP contribution in [0, 0.1) is 0 Å². The third-order valence-corrected chi connectivity index (χ3v) is 2.73. The standard InChI is InChI=1S/C11H14ClN3OS/c1-14-10(16)4-5-15-7-2-3-8(11(13)17)9(12)6-7/h2-3,6,15H,4-5H2,1H3,(H2,13,17)(H,14,16). The van der Waals surface area contributed by atoms with E-state index in [2.05, 4.69) is 10.6 Å². The highest BCUT2D eigenvalue weighted by Gasteiger charge is 2.04. The number of thiocarbonyl (C=S) groups is 1. The molecule has 0 aliphatic carbocycles. The van der Waals surface area contributed by atoms with Gasteiger partial charge in [-0.05, 0) is 18.2 Å². The van der Waals surface area contributed by atoms with Gasteiger partial charge in [0.2, 0.25) is 5.91 Å². The summed E-state index contributed by atoms with van der Waals surface area (Å²) in [5, 5.41) is 6.14. The Bertz CT molecular complexity index is 437. The van der Waals surface area contributed by atoms with Crippen LogP contribution >= 0.6 is 23.8 Å². The molecule has 0 saturated heterocycles. The maximum Gasteiger partial charge on any atom is 0.221 e. The Morgan fingerprint density at radius 2 is 2.24 bits per heavy atom. The molecule has 0 unspecified atom stereocenters. The van der Waals surface area contributed by atoms with E-state index >= 15 is 0 Å². The van der Waals surface area contributed by atoms with E-state index in [1.807, 2.05) is 6.07 Å². The Kier molecular flexibility index (Phi) is 5.18. The number of benzene rings is 1. The second-order valence-corrected chi connectivity index (χ2v) is 4.26. The SMILES string of the molecule is CNC(=O)CCNc1ccc(C(N)=S)c(Cl)c1. The van der Waals surface area contributed by atoms with E-state index in [1.54, 1.807) is 19.2 Å². The Balaban J connectivity index is 2.59. The average molecular weight is 272 g/mol. The number of anilines is 1. The molecule has 1 amide bonds. The maximum absolute atomic E-state index is 11.0. The molecular weight excluding hydrogens is 258 g/mol. The van der Waals surface area contributed by atoms with Crippen LogP contribution in [0.15, 0.2) is 18.2 Å². The number of carbonyl (C=O) groups is 1. The highest BCUT2D eigenvalue weighted by molar-refractivity contribution is 7.80. The van der Waals surface area contributed by atoms with Gasteiger partial charge in [0.25, 0.3) is 0 Å². The molecule has 1 aromatic carbocycles. The molecule has 0 spiro atoms. The lowest BCUT2D eigenvalue weighted by Gasteiger charge is -2.08. The van der Waals surface area contributed by atoms with Crippen LogP contribution in [0.4, 0.5) is 5.69 Å². The number of hydrogen-bond donors (Lipinski definition) is 3. The van der Waals surface area contributed by atoms with Crippen LogP contribution in [0.3, 0.4) is 0 Å². The predicted molar refractivity (Wildman–Crippen MR) is 74.5 cm³/mol. The second-order valence-electron chi connectivity index (χ2n) is 3.41. The van der Waals surface area contributed by atoms with Gasteiger partial charge < -0.3 is 16.4 Å². The van der Waals surface area contributed by atoms with Crippen molar-refractivity contribution in [2.75, 3.05) is 18.9 Å². The van der Waals surface area contributed by atoms with Crippen molar-refractivity contribution in [2.45, 2.75) is 6.42 Å². The van der Waals surface area contributed by atoms with Crippen LogP contribution in [0.25, 0.3) is 0 Å². The summed E-state index contributed by atoms with van der Waals surface area (Å²) in [5.74, 6) is -0.0108. The fourth-order valence-electron chi connectivity index (χ4n) is 1.27. The Hall–Kier alpha value is -1.33. The van der Waals surface area contributed by atoms with E-state index in [-0.39, 0.29) is 10.9 Å². The van der Waals surface area contributed by atoms with Gasteiger partial charge in [0.1, 0.15) is 4.99 Å². The van der Waals surface area contributed by atoms with Gasteiger partial charge in [0.15, 0.2) is 0 Å². The summed E-state index contributed by atoms with van der Waals surface area (Å²) >= 11 is 10.9. The zero-order valence-electron chi connectivity index (χ0n) is 9.42. The van der Waals surface area contributed by atoms with E-state index < -0.39 is 0 Å². The quantitative estimate of drug-likeness (QED) is 0.711. The molecule has 4 nitrogen and oxygen atoms in total. The molecule has 0 aromatic heterocycles. The summed E-state index contributed by atoms with van der Waals surface area (Å²) in [7, 11) is 1.61. The minimum absolute atomic E-state index is 0.0108. The van der Waals surface area contributed by atoms with Gasteiger partial charge in [-0.1, -0.05) is 23.8 Å². The number of nitrogens with one attached hydrogen (secondary N) is 2. The Morgan fingerprint density at radius 1 is 1.53 bits per heavy atom. The van der Waals surface area contributed by atoms with Gasteiger partial charge in [-0.3, -0.25) is 4.79 Å². The van der Waals surface area contributed by atoms with Crippen LogP contribution in [0.5, 0.6) is 0 Å². The zero-order chi connectivity index (χ0) is 12.8. The molecule has 0 radical (unpaired) electrons. The average Bonchev–Trinajstić information content (AvgIpc) is 2.28. The highest BCUT2D eigenvalue weighted by Crippen LogP contribution is 2.20. The van der Waals surface area contributed by atoms with E-state index in [1.165, 1.54) is 0 Å². The van der Waals surface area contributed by atoms with Crippen molar-refractivity contribution in [3.63, 3.8) is 0 Å². The number of nitrogens with two attached hydrogens (primary N) is 1. The lowest BCUT2D eigenvalue weighted by molar-refractivity contribution is -0.120. The smallest absolute Gasteiger partial charge is 0.221 e. The van der Waals surface area contributed by atoms with Crippen LogP contribution in [-0.2, 0) is 4.79 Å². The Labute approximate surface area is 111 Å². The molecule has 6 heteroatoms. The van der Waals surface area contributed by atoms with E-state index in [0.717, 1.165) is 5.69 Å². The lowest BCUT2D eigenvalue weighted by atomic mass is 10.2. The molecule has 1 aromatic rings. The van der Waals surface area contributed by atoms with Crippen LogP contribution in [-0.4, -0.2) is 24.5 Å². The first-order valence-corrected chi connectivity index (χ1v) is 5.87. The molecule has 0 fully saturated rings. The Morgan fingerprint density at radius 3 is 2.76 bits per heavy atom. The summed E-state index contributed by atoms with van der Waals surface area (Å²) < 4.78 is 0. The van der Waals surface area contributed by atoms with E-state index in [0.29, 0.717) is 23.6 Å². The second kappa shape index (κ2) is 6.42. The van der Waals surface area contributed by atoms with E-state index in [9.17, 15) is 4.79 Å². The van der Waals surface area contributed by atoms with Crippen molar-refractivity contribution in [2.24, 2.45) is 5.73 Å². The van der Waals surface area contributed by atoms with Gasteiger partial charge in [0.05, 0.1) is 5.02 Å². The fourth-order valence-corrected chi connectivity index (χ4v) is 1.79. The summed E-state index contributed by atoms with van der Waals surface area (Å²) in [6, 6.07) is 5.32. The third kappa shape index (κ3) is 4.20.